The topological polar surface area (TPSA) is 39.7 Å². The van der Waals surface area contributed by atoms with Crippen molar-refractivity contribution >= 4 is 5.96 Å². The highest BCUT2D eigenvalue weighted by molar-refractivity contribution is 5.79. The normalized spacial score (nSPS) is 20.7. The molecular weight excluding hydrogens is 224 g/mol. The van der Waals surface area contributed by atoms with Gasteiger partial charge in [-0.3, -0.25) is 4.99 Å². The van der Waals surface area contributed by atoms with E-state index in [4.69, 9.17) is 6.42 Å². The zero-order valence-electron chi connectivity index (χ0n) is 11.7. The number of likely N-dealkylation sites (tertiary alicyclic amines) is 1. The molecule has 1 rings (SSSR count). The van der Waals surface area contributed by atoms with Crippen molar-refractivity contribution in [3.8, 4) is 12.3 Å². The highest BCUT2D eigenvalue weighted by Gasteiger charge is 2.21. The van der Waals surface area contributed by atoms with Crippen molar-refractivity contribution in [2.75, 3.05) is 39.3 Å². The minimum atomic E-state index is 0.526. The molecule has 1 saturated heterocycles. The number of nitrogens with one attached hydrogen (secondary N) is 2. The number of hydrogen-bond acceptors (Lipinski definition) is 2. The predicted octanol–water partition coefficient (Wildman–Crippen LogP) is 0.907. The Morgan fingerprint density at radius 2 is 2.28 bits per heavy atom. The van der Waals surface area contributed by atoms with Crippen LogP contribution in [0.2, 0.25) is 0 Å². The first-order valence-corrected chi connectivity index (χ1v) is 6.98. The molecule has 0 saturated carbocycles. The highest BCUT2D eigenvalue weighted by Crippen LogP contribution is 2.16. The average molecular weight is 250 g/mol. The van der Waals surface area contributed by atoms with E-state index in [0.717, 1.165) is 19.0 Å². The summed E-state index contributed by atoms with van der Waals surface area (Å²) in [4.78, 5) is 7.13. The zero-order chi connectivity index (χ0) is 13.2. The summed E-state index contributed by atoms with van der Waals surface area (Å²) in [6.07, 6.45) is 7.74. The van der Waals surface area contributed by atoms with E-state index in [0.29, 0.717) is 12.5 Å². The third-order valence-corrected chi connectivity index (χ3v) is 3.12. The summed E-state index contributed by atoms with van der Waals surface area (Å²) in [5, 5.41) is 6.33. The molecule has 1 unspecified atom stereocenters. The fraction of sp³-hybridized carbons (Fsp3) is 0.786. The molecule has 4 heteroatoms. The minimum Gasteiger partial charge on any atom is -0.357 e. The standard InChI is InChI=1S/C14H26N4/c1-4-8-16-14(15-6-3)17-11-13-7-10-18(12-13)9-5-2/h1,13H,5-12H2,2-3H3,(H2,15,16,17). The van der Waals surface area contributed by atoms with Crippen LogP contribution in [0.3, 0.4) is 0 Å². The van der Waals surface area contributed by atoms with Gasteiger partial charge in [0.25, 0.3) is 0 Å². The Kier molecular flexibility index (Phi) is 7.28. The first kappa shape index (κ1) is 14.8. The number of nitrogens with zero attached hydrogens (tertiary/aromatic N) is 2. The lowest BCUT2D eigenvalue weighted by atomic mass is 10.1. The van der Waals surface area contributed by atoms with Gasteiger partial charge in [-0.2, -0.15) is 0 Å². The van der Waals surface area contributed by atoms with E-state index in [1.54, 1.807) is 0 Å². The van der Waals surface area contributed by atoms with Crippen LogP contribution < -0.4 is 10.6 Å². The van der Waals surface area contributed by atoms with Crippen molar-refractivity contribution < 1.29 is 0 Å². The first-order chi connectivity index (χ1) is 8.80. The lowest BCUT2D eigenvalue weighted by molar-refractivity contribution is 0.326. The molecule has 1 aliphatic heterocycles. The molecule has 0 bridgehead atoms. The molecule has 0 aromatic rings. The van der Waals surface area contributed by atoms with Gasteiger partial charge in [0, 0.05) is 19.6 Å². The second kappa shape index (κ2) is 8.82. The molecular formula is C14H26N4. The van der Waals surface area contributed by atoms with Crippen LogP contribution in [0.15, 0.2) is 4.99 Å². The van der Waals surface area contributed by atoms with Crippen molar-refractivity contribution in [1.29, 1.82) is 0 Å². The fourth-order valence-corrected chi connectivity index (χ4v) is 2.28. The Hall–Kier alpha value is -1.21. The predicted molar refractivity (Wildman–Crippen MR) is 77.7 cm³/mol. The quantitative estimate of drug-likeness (QED) is 0.418. The number of aliphatic imine (C=N–C) groups is 1. The largest absolute Gasteiger partial charge is 0.357 e. The lowest BCUT2D eigenvalue weighted by Gasteiger charge is -2.14. The Balaban J connectivity index is 2.33. The Morgan fingerprint density at radius 1 is 1.44 bits per heavy atom. The summed E-state index contributed by atoms with van der Waals surface area (Å²) >= 11 is 0. The van der Waals surface area contributed by atoms with Crippen LogP contribution in [0.4, 0.5) is 0 Å². The second-order valence-corrected chi connectivity index (χ2v) is 4.73. The molecule has 0 radical (unpaired) electrons. The van der Waals surface area contributed by atoms with Gasteiger partial charge < -0.3 is 15.5 Å². The fourth-order valence-electron chi connectivity index (χ4n) is 2.28. The Morgan fingerprint density at radius 3 is 2.94 bits per heavy atom. The van der Waals surface area contributed by atoms with Crippen LogP contribution in [0.5, 0.6) is 0 Å². The molecule has 0 amide bonds. The summed E-state index contributed by atoms with van der Waals surface area (Å²) in [6, 6.07) is 0. The minimum absolute atomic E-state index is 0.526. The second-order valence-electron chi connectivity index (χ2n) is 4.73. The molecule has 102 valence electrons. The molecule has 2 N–H and O–H groups in total. The van der Waals surface area contributed by atoms with E-state index in [-0.39, 0.29) is 0 Å². The average Bonchev–Trinajstić information content (AvgIpc) is 2.81. The van der Waals surface area contributed by atoms with Crippen LogP contribution in [0.25, 0.3) is 0 Å². The summed E-state index contributed by atoms with van der Waals surface area (Å²) < 4.78 is 0. The van der Waals surface area contributed by atoms with Gasteiger partial charge in [-0.05, 0) is 38.8 Å². The Labute approximate surface area is 111 Å². The molecule has 0 aromatic heterocycles. The van der Waals surface area contributed by atoms with Crippen molar-refractivity contribution in [3.63, 3.8) is 0 Å². The third-order valence-electron chi connectivity index (χ3n) is 3.12. The smallest absolute Gasteiger partial charge is 0.192 e. The third kappa shape index (κ3) is 5.42. The summed E-state index contributed by atoms with van der Waals surface area (Å²) in [7, 11) is 0. The maximum atomic E-state index is 5.24. The molecule has 1 atom stereocenters. The zero-order valence-corrected chi connectivity index (χ0v) is 11.7. The van der Waals surface area contributed by atoms with Crippen molar-refractivity contribution in [3.05, 3.63) is 0 Å². The van der Waals surface area contributed by atoms with Crippen LogP contribution in [-0.4, -0.2) is 50.1 Å². The van der Waals surface area contributed by atoms with E-state index in [9.17, 15) is 0 Å². The van der Waals surface area contributed by atoms with Gasteiger partial charge in [0.15, 0.2) is 5.96 Å². The Bertz CT molecular complexity index is 293. The van der Waals surface area contributed by atoms with Crippen LogP contribution in [0.1, 0.15) is 26.7 Å². The van der Waals surface area contributed by atoms with Gasteiger partial charge in [-0.1, -0.05) is 12.8 Å². The molecule has 0 aliphatic carbocycles. The number of terminal acetylenes is 1. The van der Waals surface area contributed by atoms with E-state index < -0.39 is 0 Å². The van der Waals surface area contributed by atoms with Gasteiger partial charge >= 0.3 is 0 Å². The van der Waals surface area contributed by atoms with Crippen molar-refractivity contribution in [2.24, 2.45) is 10.9 Å². The number of guanidine groups is 1. The molecule has 18 heavy (non-hydrogen) atoms. The van der Waals surface area contributed by atoms with Crippen LogP contribution in [0, 0.1) is 18.3 Å². The SMILES string of the molecule is C#CCNC(=NCC1CCN(CCC)C1)NCC. The van der Waals surface area contributed by atoms with Crippen LogP contribution >= 0.6 is 0 Å². The molecule has 1 aliphatic rings. The monoisotopic (exact) mass is 250 g/mol. The van der Waals surface area contributed by atoms with Crippen LogP contribution in [-0.2, 0) is 0 Å². The number of hydrogen-bond donors (Lipinski definition) is 2. The van der Waals surface area contributed by atoms with Gasteiger partial charge in [-0.25, -0.2) is 0 Å². The van der Waals surface area contributed by atoms with E-state index in [1.165, 1.54) is 32.5 Å². The van der Waals surface area contributed by atoms with E-state index in [2.05, 4.69) is 40.3 Å². The highest BCUT2D eigenvalue weighted by atomic mass is 15.2. The van der Waals surface area contributed by atoms with Gasteiger partial charge in [0.2, 0.25) is 0 Å². The maximum Gasteiger partial charge on any atom is 0.192 e. The van der Waals surface area contributed by atoms with Gasteiger partial charge in [-0.15, -0.1) is 6.42 Å². The van der Waals surface area contributed by atoms with E-state index >= 15 is 0 Å². The molecule has 0 spiro atoms. The first-order valence-electron chi connectivity index (χ1n) is 6.98. The van der Waals surface area contributed by atoms with Gasteiger partial charge in [0.05, 0.1) is 6.54 Å². The molecule has 1 fully saturated rings. The summed E-state index contributed by atoms with van der Waals surface area (Å²) in [5.41, 5.74) is 0. The van der Waals surface area contributed by atoms with Crippen molar-refractivity contribution in [1.82, 2.24) is 15.5 Å². The molecule has 1 heterocycles. The maximum absolute atomic E-state index is 5.24. The van der Waals surface area contributed by atoms with Crippen molar-refractivity contribution in [2.45, 2.75) is 26.7 Å². The van der Waals surface area contributed by atoms with Gasteiger partial charge in [0.1, 0.15) is 0 Å². The lowest BCUT2D eigenvalue weighted by Crippen LogP contribution is -2.37. The number of rotatable bonds is 6. The molecule has 4 nitrogen and oxygen atoms in total. The van der Waals surface area contributed by atoms with E-state index in [1.807, 2.05) is 0 Å². The summed E-state index contributed by atoms with van der Waals surface area (Å²) in [5.74, 6) is 4.10. The summed E-state index contributed by atoms with van der Waals surface area (Å²) in [6.45, 7) is 10.2. The molecule has 0 aromatic carbocycles.